The third kappa shape index (κ3) is 4.26. The Hall–Kier alpha value is -1.84. The number of nitrogens with zero attached hydrogens (tertiary/aromatic N) is 1. The number of carboxylic acid groups (broad SMARTS) is 1. The van der Waals surface area contributed by atoms with Crippen LogP contribution < -0.4 is 0 Å². The van der Waals surface area contributed by atoms with Gasteiger partial charge in [0.05, 0.1) is 0 Å². The number of carboxylic acids is 1. The van der Waals surface area contributed by atoms with E-state index in [1.54, 1.807) is 26.2 Å². The summed E-state index contributed by atoms with van der Waals surface area (Å²) in [5.74, 6) is -0.800. The lowest BCUT2D eigenvalue weighted by Gasteiger charge is -2.10. The van der Waals surface area contributed by atoms with Crippen LogP contribution >= 0.6 is 0 Å². The molecular weight excluding hydrogens is 218 g/mol. The normalized spacial score (nSPS) is 10.0. The molecule has 0 fully saturated rings. The second-order valence-electron chi connectivity index (χ2n) is 4.14. The van der Waals surface area contributed by atoms with Crippen LogP contribution in [-0.2, 0) is 11.2 Å². The number of aryl methyl sites for hydroxylation is 1. The molecule has 1 amide bonds. The van der Waals surface area contributed by atoms with Gasteiger partial charge in [0.25, 0.3) is 5.91 Å². The molecule has 0 saturated carbocycles. The van der Waals surface area contributed by atoms with Crippen molar-refractivity contribution < 1.29 is 14.7 Å². The van der Waals surface area contributed by atoms with Gasteiger partial charge in [0.1, 0.15) is 0 Å². The first-order valence-electron chi connectivity index (χ1n) is 5.53. The topological polar surface area (TPSA) is 57.6 Å². The summed E-state index contributed by atoms with van der Waals surface area (Å²) in [7, 11) is 3.42. The average molecular weight is 235 g/mol. The van der Waals surface area contributed by atoms with Crippen molar-refractivity contribution in [2.75, 3.05) is 14.1 Å². The summed E-state index contributed by atoms with van der Waals surface area (Å²) in [6.45, 7) is 0. The van der Waals surface area contributed by atoms with Crippen LogP contribution in [0.25, 0.3) is 0 Å². The van der Waals surface area contributed by atoms with Gasteiger partial charge in [-0.25, -0.2) is 0 Å². The first-order chi connectivity index (χ1) is 8.00. The fourth-order valence-electron chi connectivity index (χ4n) is 1.52. The number of rotatable bonds is 5. The molecule has 0 heterocycles. The second kappa shape index (κ2) is 6.03. The van der Waals surface area contributed by atoms with Gasteiger partial charge in [0.15, 0.2) is 0 Å². The lowest BCUT2D eigenvalue weighted by molar-refractivity contribution is -0.137. The van der Waals surface area contributed by atoms with Gasteiger partial charge in [0, 0.05) is 26.1 Å². The average Bonchev–Trinajstić information content (AvgIpc) is 2.28. The van der Waals surface area contributed by atoms with Crippen molar-refractivity contribution in [3.05, 3.63) is 35.4 Å². The monoisotopic (exact) mass is 235 g/mol. The maximum Gasteiger partial charge on any atom is 0.303 e. The Bertz CT molecular complexity index is 396. The molecule has 1 N–H and O–H groups in total. The van der Waals surface area contributed by atoms with E-state index in [0.717, 1.165) is 12.0 Å². The largest absolute Gasteiger partial charge is 0.481 e. The van der Waals surface area contributed by atoms with Gasteiger partial charge in [-0.1, -0.05) is 12.1 Å². The smallest absolute Gasteiger partial charge is 0.303 e. The van der Waals surface area contributed by atoms with Crippen LogP contribution in [0.1, 0.15) is 28.8 Å². The van der Waals surface area contributed by atoms with Gasteiger partial charge in [-0.15, -0.1) is 0 Å². The van der Waals surface area contributed by atoms with Crippen molar-refractivity contribution in [3.63, 3.8) is 0 Å². The minimum atomic E-state index is -0.774. The lowest BCUT2D eigenvalue weighted by atomic mass is 10.1. The summed E-state index contributed by atoms with van der Waals surface area (Å²) in [4.78, 5) is 23.5. The van der Waals surface area contributed by atoms with Crippen LogP contribution in [0.2, 0.25) is 0 Å². The third-order valence-corrected chi connectivity index (χ3v) is 2.46. The molecule has 0 aliphatic rings. The van der Waals surface area contributed by atoms with Gasteiger partial charge in [-0.3, -0.25) is 9.59 Å². The molecule has 4 heteroatoms. The van der Waals surface area contributed by atoms with E-state index in [9.17, 15) is 9.59 Å². The predicted octanol–water partition coefficient (Wildman–Crippen LogP) is 1.80. The molecule has 0 unspecified atom stereocenters. The Morgan fingerprint density at radius 1 is 1.18 bits per heavy atom. The molecule has 0 bridgehead atoms. The fourth-order valence-corrected chi connectivity index (χ4v) is 1.52. The molecule has 92 valence electrons. The van der Waals surface area contributed by atoms with Gasteiger partial charge >= 0.3 is 5.97 Å². The van der Waals surface area contributed by atoms with E-state index in [1.807, 2.05) is 12.1 Å². The highest BCUT2D eigenvalue weighted by atomic mass is 16.4. The predicted molar refractivity (Wildman–Crippen MR) is 65.0 cm³/mol. The fraction of sp³-hybridized carbons (Fsp3) is 0.385. The summed E-state index contributed by atoms with van der Waals surface area (Å²) in [5.41, 5.74) is 1.71. The Morgan fingerprint density at radius 2 is 1.76 bits per heavy atom. The van der Waals surface area contributed by atoms with Crippen LogP contribution in [0.3, 0.4) is 0 Å². The highest BCUT2D eigenvalue weighted by Gasteiger charge is 2.07. The van der Waals surface area contributed by atoms with E-state index < -0.39 is 5.97 Å². The molecule has 0 aromatic heterocycles. The van der Waals surface area contributed by atoms with Crippen LogP contribution in [0.4, 0.5) is 0 Å². The van der Waals surface area contributed by atoms with Gasteiger partial charge in [0.2, 0.25) is 0 Å². The summed E-state index contributed by atoms with van der Waals surface area (Å²) >= 11 is 0. The zero-order valence-corrected chi connectivity index (χ0v) is 10.1. The number of amides is 1. The SMILES string of the molecule is CN(C)C(=O)c1ccc(CCCC(=O)O)cc1. The number of carbonyl (C=O) groups is 2. The Balaban J connectivity index is 2.56. The molecule has 0 spiro atoms. The standard InChI is InChI=1S/C13H17NO3/c1-14(2)13(17)11-8-6-10(7-9-11)4-3-5-12(15)16/h6-9H,3-5H2,1-2H3,(H,15,16). The zero-order valence-electron chi connectivity index (χ0n) is 10.1. The number of aliphatic carboxylic acids is 1. The molecule has 4 nitrogen and oxygen atoms in total. The van der Waals surface area contributed by atoms with Crippen LogP contribution in [0, 0.1) is 0 Å². The summed E-state index contributed by atoms with van der Waals surface area (Å²) in [6.07, 6.45) is 1.53. The van der Waals surface area contributed by atoms with Crippen molar-refractivity contribution in [2.24, 2.45) is 0 Å². The highest BCUT2D eigenvalue weighted by Crippen LogP contribution is 2.09. The van der Waals surface area contributed by atoms with Crippen molar-refractivity contribution in [1.82, 2.24) is 4.90 Å². The van der Waals surface area contributed by atoms with Crippen molar-refractivity contribution in [3.8, 4) is 0 Å². The number of benzene rings is 1. The number of hydrogen-bond acceptors (Lipinski definition) is 2. The van der Waals surface area contributed by atoms with Crippen LogP contribution in [0.5, 0.6) is 0 Å². The Morgan fingerprint density at radius 3 is 2.24 bits per heavy atom. The summed E-state index contributed by atoms with van der Waals surface area (Å²) < 4.78 is 0. The Kier molecular flexibility index (Phi) is 4.69. The highest BCUT2D eigenvalue weighted by molar-refractivity contribution is 5.93. The number of hydrogen-bond donors (Lipinski definition) is 1. The van der Waals surface area contributed by atoms with Crippen LogP contribution in [0.15, 0.2) is 24.3 Å². The van der Waals surface area contributed by atoms with Crippen molar-refractivity contribution >= 4 is 11.9 Å². The van der Waals surface area contributed by atoms with Crippen molar-refractivity contribution in [1.29, 1.82) is 0 Å². The first kappa shape index (κ1) is 13.2. The molecular formula is C13H17NO3. The molecule has 1 aromatic carbocycles. The van der Waals surface area contributed by atoms with E-state index in [-0.39, 0.29) is 12.3 Å². The van der Waals surface area contributed by atoms with Gasteiger partial charge in [-0.05, 0) is 30.5 Å². The van der Waals surface area contributed by atoms with E-state index >= 15 is 0 Å². The van der Waals surface area contributed by atoms with Crippen LogP contribution in [-0.4, -0.2) is 36.0 Å². The zero-order chi connectivity index (χ0) is 12.8. The van der Waals surface area contributed by atoms with E-state index in [2.05, 4.69) is 0 Å². The molecule has 17 heavy (non-hydrogen) atoms. The minimum absolute atomic E-state index is 0.0258. The van der Waals surface area contributed by atoms with Crippen molar-refractivity contribution in [2.45, 2.75) is 19.3 Å². The quantitative estimate of drug-likeness (QED) is 0.846. The number of carbonyl (C=O) groups excluding carboxylic acids is 1. The van der Waals surface area contributed by atoms with Gasteiger partial charge in [-0.2, -0.15) is 0 Å². The molecule has 0 aliphatic carbocycles. The molecule has 0 radical (unpaired) electrons. The van der Waals surface area contributed by atoms with E-state index in [1.165, 1.54) is 4.90 Å². The molecule has 0 aliphatic heterocycles. The lowest BCUT2D eigenvalue weighted by Crippen LogP contribution is -2.21. The Labute approximate surface area is 101 Å². The first-order valence-corrected chi connectivity index (χ1v) is 5.53. The second-order valence-corrected chi connectivity index (χ2v) is 4.14. The molecule has 0 saturated heterocycles. The van der Waals surface area contributed by atoms with E-state index in [0.29, 0.717) is 12.0 Å². The summed E-state index contributed by atoms with van der Waals surface area (Å²) in [6, 6.07) is 7.30. The summed E-state index contributed by atoms with van der Waals surface area (Å²) in [5, 5.41) is 8.52. The minimum Gasteiger partial charge on any atom is -0.481 e. The maximum atomic E-state index is 11.6. The third-order valence-electron chi connectivity index (χ3n) is 2.46. The molecule has 1 rings (SSSR count). The van der Waals surface area contributed by atoms with E-state index in [4.69, 9.17) is 5.11 Å². The maximum absolute atomic E-state index is 11.6. The van der Waals surface area contributed by atoms with Gasteiger partial charge < -0.3 is 10.0 Å². The molecule has 0 atom stereocenters. The molecule has 1 aromatic rings.